The first-order chi connectivity index (χ1) is 10.3. The van der Waals surface area contributed by atoms with Crippen LogP contribution < -0.4 is 10.2 Å². The molecule has 2 heterocycles. The summed E-state index contributed by atoms with van der Waals surface area (Å²) in [7, 11) is 0. The van der Waals surface area contributed by atoms with E-state index >= 15 is 0 Å². The van der Waals surface area contributed by atoms with E-state index in [1.807, 2.05) is 11.8 Å². The molecule has 114 valence electrons. The Morgan fingerprint density at radius 3 is 2.71 bits per heavy atom. The lowest BCUT2D eigenvalue weighted by Crippen LogP contribution is -2.30. The molecular weight excluding hydrogens is 270 g/mol. The number of aliphatic hydroxyl groups excluding tert-OH is 1. The third-order valence-electron chi connectivity index (χ3n) is 2.83. The van der Waals surface area contributed by atoms with Crippen LogP contribution in [-0.2, 0) is 0 Å². The Labute approximate surface area is 123 Å². The summed E-state index contributed by atoms with van der Waals surface area (Å²) in [5, 5.41) is 12.3. The van der Waals surface area contributed by atoms with E-state index < -0.39 is 0 Å². The molecule has 2 rings (SSSR count). The molecule has 2 N–H and O–H groups in total. The second kappa shape index (κ2) is 7.53. The lowest BCUT2D eigenvalue weighted by atomic mass is 10.4. The quantitative estimate of drug-likeness (QED) is 0.739. The molecule has 0 bridgehead atoms. The monoisotopic (exact) mass is 291 g/mol. The van der Waals surface area contributed by atoms with Gasteiger partial charge in [0.15, 0.2) is 0 Å². The SMILES string of the molecule is CCCN(CCO)c1nc(NCC)nc(-n2ccnc2)n1. The van der Waals surface area contributed by atoms with Gasteiger partial charge in [0.05, 0.1) is 6.61 Å². The van der Waals surface area contributed by atoms with Crippen LogP contribution >= 0.6 is 0 Å². The molecule has 0 saturated heterocycles. The molecule has 0 fully saturated rings. The summed E-state index contributed by atoms with van der Waals surface area (Å²) in [6.45, 7) is 6.11. The van der Waals surface area contributed by atoms with Crippen LogP contribution in [0.2, 0.25) is 0 Å². The van der Waals surface area contributed by atoms with Gasteiger partial charge >= 0.3 is 0 Å². The molecule has 0 spiro atoms. The van der Waals surface area contributed by atoms with Crippen molar-refractivity contribution in [3.63, 3.8) is 0 Å². The van der Waals surface area contributed by atoms with Crippen molar-refractivity contribution in [3.8, 4) is 5.95 Å². The lowest BCUT2D eigenvalue weighted by Gasteiger charge is -2.21. The predicted octanol–water partition coefficient (Wildman–Crippen LogP) is 0.698. The summed E-state index contributed by atoms with van der Waals surface area (Å²) in [4.78, 5) is 19.2. The minimum absolute atomic E-state index is 0.0582. The number of anilines is 2. The van der Waals surface area contributed by atoms with Gasteiger partial charge in [-0.05, 0) is 13.3 Å². The summed E-state index contributed by atoms with van der Waals surface area (Å²) < 4.78 is 1.73. The molecule has 0 aliphatic carbocycles. The summed E-state index contributed by atoms with van der Waals surface area (Å²) >= 11 is 0. The molecule has 0 radical (unpaired) electrons. The van der Waals surface area contributed by atoms with Crippen molar-refractivity contribution < 1.29 is 5.11 Å². The van der Waals surface area contributed by atoms with Gasteiger partial charge in [0.25, 0.3) is 0 Å². The number of nitrogens with zero attached hydrogens (tertiary/aromatic N) is 6. The standard InChI is InChI=1S/C13H21N7O/c1-3-6-19(8-9-21)12-16-11(15-4-2)17-13(18-12)20-7-5-14-10-20/h5,7,10,21H,3-4,6,8-9H2,1-2H3,(H,15,16,17,18). The Hall–Kier alpha value is -2.22. The first-order valence-corrected chi connectivity index (χ1v) is 7.12. The molecule has 2 aromatic rings. The largest absolute Gasteiger partial charge is 0.395 e. The summed E-state index contributed by atoms with van der Waals surface area (Å²) in [6.07, 6.45) is 6.05. The molecule has 21 heavy (non-hydrogen) atoms. The number of hydrogen-bond donors (Lipinski definition) is 2. The van der Waals surface area contributed by atoms with E-state index in [1.54, 1.807) is 23.3 Å². The van der Waals surface area contributed by atoms with Crippen LogP contribution in [0.4, 0.5) is 11.9 Å². The maximum absolute atomic E-state index is 9.21. The van der Waals surface area contributed by atoms with Crippen LogP contribution in [0.5, 0.6) is 0 Å². The van der Waals surface area contributed by atoms with E-state index in [0.29, 0.717) is 24.4 Å². The number of nitrogens with one attached hydrogen (secondary N) is 1. The van der Waals surface area contributed by atoms with Gasteiger partial charge in [0.1, 0.15) is 6.33 Å². The second-order valence-electron chi connectivity index (χ2n) is 4.47. The highest BCUT2D eigenvalue weighted by atomic mass is 16.3. The number of aromatic nitrogens is 5. The van der Waals surface area contributed by atoms with Gasteiger partial charge in [-0.15, -0.1) is 0 Å². The van der Waals surface area contributed by atoms with Gasteiger partial charge in [-0.3, -0.25) is 4.57 Å². The fraction of sp³-hybridized carbons (Fsp3) is 0.538. The summed E-state index contributed by atoms with van der Waals surface area (Å²) in [5.41, 5.74) is 0. The average Bonchev–Trinajstić information content (AvgIpc) is 3.01. The third kappa shape index (κ3) is 3.88. The molecule has 8 nitrogen and oxygen atoms in total. The van der Waals surface area contributed by atoms with E-state index in [9.17, 15) is 5.11 Å². The third-order valence-corrected chi connectivity index (χ3v) is 2.83. The Bertz CT molecular complexity index is 537. The van der Waals surface area contributed by atoms with Crippen molar-refractivity contribution >= 4 is 11.9 Å². The highest BCUT2D eigenvalue weighted by Gasteiger charge is 2.13. The number of aliphatic hydroxyl groups is 1. The molecule has 0 aliphatic heterocycles. The van der Waals surface area contributed by atoms with Crippen molar-refractivity contribution in [2.24, 2.45) is 0 Å². The maximum Gasteiger partial charge on any atom is 0.241 e. The number of hydrogen-bond acceptors (Lipinski definition) is 7. The van der Waals surface area contributed by atoms with Crippen LogP contribution in [-0.4, -0.2) is 55.9 Å². The molecule has 0 aromatic carbocycles. The number of rotatable bonds is 8. The van der Waals surface area contributed by atoms with E-state index in [-0.39, 0.29) is 6.61 Å². The van der Waals surface area contributed by atoms with Gasteiger partial charge < -0.3 is 15.3 Å². The van der Waals surface area contributed by atoms with Crippen molar-refractivity contribution in [2.75, 3.05) is 36.5 Å². The zero-order chi connectivity index (χ0) is 15.1. The molecule has 0 amide bonds. The van der Waals surface area contributed by atoms with Crippen LogP contribution in [0.3, 0.4) is 0 Å². The smallest absolute Gasteiger partial charge is 0.241 e. The molecule has 0 aliphatic rings. The minimum Gasteiger partial charge on any atom is -0.395 e. The van der Waals surface area contributed by atoms with E-state index in [1.165, 1.54) is 0 Å². The second-order valence-corrected chi connectivity index (χ2v) is 4.47. The van der Waals surface area contributed by atoms with E-state index in [0.717, 1.165) is 19.5 Å². The van der Waals surface area contributed by atoms with Gasteiger partial charge in [-0.25, -0.2) is 4.98 Å². The number of imidazole rings is 1. The molecule has 0 unspecified atom stereocenters. The van der Waals surface area contributed by atoms with Gasteiger partial charge in [-0.1, -0.05) is 6.92 Å². The predicted molar refractivity (Wildman–Crippen MR) is 80.7 cm³/mol. The Kier molecular flexibility index (Phi) is 5.44. The minimum atomic E-state index is 0.0582. The molecule has 0 atom stereocenters. The molecular formula is C13H21N7O. The van der Waals surface area contributed by atoms with Gasteiger partial charge in [-0.2, -0.15) is 15.0 Å². The topological polar surface area (TPSA) is 92.0 Å². The molecule has 2 aromatic heterocycles. The first kappa shape index (κ1) is 15.2. The van der Waals surface area contributed by atoms with E-state index in [2.05, 4.69) is 32.2 Å². The van der Waals surface area contributed by atoms with Crippen molar-refractivity contribution in [1.29, 1.82) is 0 Å². The normalized spacial score (nSPS) is 10.6. The van der Waals surface area contributed by atoms with Crippen LogP contribution in [0.25, 0.3) is 5.95 Å². The summed E-state index contributed by atoms with van der Waals surface area (Å²) in [6, 6.07) is 0. The lowest BCUT2D eigenvalue weighted by molar-refractivity contribution is 0.301. The maximum atomic E-state index is 9.21. The van der Waals surface area contributed by atoms with Gasteiger partial charge in [0.2, 0.25) is 17.8 Å². The highest BCUT2D eigenvalue weighted by molar-refractivity contribution is 5.40. The zero-order valence-electron chi connectivity index (χ0n) is 12.4. The highest BCUT2D eigenvalue weighted by Crippen LogP contribution is 2.13. The van der Waals surface area contributed by atoms with Crippen molar-refractivity contribution in [3.05, 3.63) is 18.7 Å². The fourth-order valence-corrected chi connectivity index (χ4v) is 1.93. The first-order valence-electron chi connectivity index (χ1n) is 7.12. The van der Waals surface area contributed by atoms with Crippen molar-refractivity contribution in [1.82, 2.24) is 24.5 Å². The zero-order valence-corrected chi connectivity index (χ0v) is 12.4. The molecule has 8 heteroatoms. The van der Waals surface area contributed by atoms with Crippen LogP contribution in [0.15, 0.2) is 18.7 Å². The van der Waals surface area contributed by atoms with Crippen LogP contribution in [0, 0.1) is 0 Å². The average molecular weight is 291 g/mol. The van der Waals surface area contributed by atoms with E-state index in [4.69, 9.17) is 0 Å². The van der Waals surface area contributed by atoms with Crippen LogP contribution in [0.1, 0.15) is 20.3 Å². The fourth-order valence-electron chi connectivity index (χ4n) is 1.93. The Morgan fingerprint density at radius 1 is 1.24 bits per heavy atom. The Balaban J connectivity index is 2.38. The van der Waals surface area contributed by atoms with Crippen molar-refractivity contribution in [2.45, 2.75) is 20.3 Å². The molecule has 0 saturated carbocycles. The summed E-state index contributed by atoms with van der Waals surface area (Å²) in [5.74, 6) is 1.58. The van der Waals surface area contributed by atoms with Gasteiger partial charge in [0, 0.05) is 32.0 Å². The Morgan fingerprint density at radius 2 is 2.10 bits per heavy atom.